The van der Waals surface area contributed by atoms with Crippen LogP contribution < -0.4 is 4.72 Å². The lowest BCUT2D eigenvalue weighted by molar-refractivity contribution is -0.145. The molecule has 0 aliphatic carbocycles. The molecule has 0 radical (unpaired) electrons. The number of aliphatic carboxylic acids is 2. The van der Waals surface area contributed by atoms with Crippen LogP contribution in [0.3, 0.4) is 0 Å². The molecular formula is C12H12N2O6S. The van der Waals surface area contributed by atoms with Crippen molar-refractivity contribution in [1.29, 1.82) is 5.26 Å². The summed E-state index contributed by atoms with van der Waals surface area (Å²) in [5.74, 6) is -3.02. The highest BCUT2D eigenvalue weighted by Crippen LogP contribution is 2.12. The highest BCUT2D eigenvalue weighted by atomic mass is 32.2. The van der Waals surface area contributed by atoms with Crippen LogP contribution in [-0.2, 0) is 26.0 Å². The number of carboxylic acids is 2. The minimum Gasteiger partial charge on any atom is -0.481 e. The van der Waals surface area contributed by atoms with E-state index in [9.17, 15) is 18.0 Å². The van der Waals surface area contributed by atoms with Crippen molar-refractivity contribution in [3.8, 4) is 6.07 Å². The van der Waals surface area contributed by atoms with Gasteiger partial charge < -0.3 is 10.2 Å². The van der Waals surface area contributed by atoms with Crippen LogP contribution in [0.2, 0.25) is 0 Å². The van der Waals surface area contributed by atoms with Crippen LogP contribution in [0.5, 0.6) is 0 Å². The van der Waals surface area contributed by atoms with Crippen LogP contribution in [0.4, 0.5) is 0 Å². The summed E-state index contributed by atoms with van der Waals surface area (Å²) >= 11 is 0. The van der Waals surface area contributed by atoms with Gasteiger partial charge in [0, 0.05) is 0 Å². The van der Waals surface area contributed by atoms with E-state index in [0.29, 0.717) is 5.56 Å². The Morgan fingerprint density at radius 3 is 2.24 bits per heavy atom. The van der Waals surface area contributed by atoms with Crippen LogP contribution >= 0.6 is 0 Å². The maximum atomic E-state index is 12.0. The Kier molecular flexibility index (Phi) is 5.40. The quantitative estimate of drug-likeness (QED) is 0.640. The molecule has 0 heterocycles. The summed E-state index contributed by atoms with van der Waals surface area (Å²) in [6, 6.07) is 5.42. The van der Waals surface area contributed by atoms with Crippen LogP contribution in [0, 0.1) is 11.3 Å². The lowest BCUT2D eigenvalue weighted by Crippen LogP contribution is -2.42. The second kappa shape index (κ2) is 6.83. The number of hydrogen-bond acceptors (Lipinski definition) is 5. The summed E-state index contributed by atoms with van der Waals surface area (Å²) in [6.07, 6.45) is -0.758. The molecule has 3 N–H and O–H groups in total. The van der Waals surface area contributed by atoms with E-state index in [0.717, 1.165) is 0 Å². The van der Waals surface area contributed by atoms with Gasteiger partial charge >= 0.3 is 11.9 Å². The average Bonchev–Trinajstić information content (AvgIpc) is 2.38. The van der Waals surface area contributed by atoms with Crippen molar-refractivity contribution in [1.82, 2.24) is 4.72 Å². The summed E-state index contributed by atoms with van der Waals surface area (Å²) in [5.41, 5.74) is 0.608. The minimum atomic E-state index is -4.16. The van der Waals surface area contributed by atoms with Crippen molar-refractivity contribution in [3.63, 3.8) is 0 Å². The largest absolute Gasteiger partial charge is 0.481 e. The van der Waals surface area contributed by atoms with Crippen LogP contribution in [0.1, 0.15) is 12.0 Å². The molecule has 1 aromatic rings. The van der Waals surface area contributed by atoms with E-state index < -0.39 is 34.4 Å². The summed E-state index contributed by atoms with van der Waals surface area (Å²) in [7, 11) is -4.16. The number of carbonyl (C=O) groups is 2. The van der Waals surface area contributed by atoms with Gasteiger partial charge in [-0.05, 0) is 17.7 Å². The molecule has 0 aliphatic rings. The van der Waals surface area contributed by atoms with E-state index in [1.54, 1.807) is 0 Å². The molecule has 8 nitrogen and oxygen atoms in total. The number of benzene rings is 1. The van der Waals surface area contributed by atoms with E-state index in [1.165, 1.54) is 24.3 Å². The maximum absolute atomic E-state index is 12.0. The number of rotatable bonds is 7. The lowest BCUT2D eigenvalue weighted by Gasteiger charge is -2.13. The Morgan fingerprint density at radius 1 is 1.24 bits per heavy atom. The molecule has 0 saturated heterocycles. The average molecular weight is 312 g/mol. The molecule has 1 rings (SSSR count). The molecule has 21 heavy (non-hydrogen) atoms. The summed E-state index contributed by atoms with van der Waals surface area (Å²) in [6.45, 7) is 0. The highest BCUT2D eigenvalue weighted by Gasteiger charge is 2.27. The second-order valence-electron chi connectivity index (χ2n) is 4.09. The third kappa shape index (κ3) is 4.87. The first-order valence-corrected chi connectivity index (χ1v) is 7.17. The summed E-state index contributed by atoms with van der Waals surface area (Å²) < 4.78 is 25.7. The number of sulfonamides is 1. The van der Waals surface area contributed by atoms with Gasteiger partial charge in [0.1, 0.15) is 6.04 Å². The molecule has 0 saturated carbocycles. The zero-order chi connectivity index (χ0) is 16.0. The highest BCUT2D eigenvalue weighted by molar-refractivity contribution is 7.89. The van der Waals surface area contributed by atoms with Gasteiger partial charge in [-0.3, -0.25) is 9.59 Å². The molecule has 1 aromatic carbocycles. The van der Waals surface area contributed by atoms with Crippen molar-refractivity contribution >= 4 is 22.0 Å². The monoisotopic (exact) mass is 312 g/mol. The standard InChI is InChI=1S/C12H12N2O6S/c13-6-5-8-1-3-9(4-2-8)21(19,20)14-10(12(17)18)7-11(15)16/h1-4,10,14H,5,7H2,(H,15,16)(H,17,18). The van der Waals surface area contributed by atoms with Gasteiger partial charge in [0.2, 0.25) is 10.0 Å². The fourth-order valence-electron chi connectivity index (χ4n) is 1.49. The zero-order valence-electron chi connectivity index (χ0n) is 10.7. The Labute approximate surface area is 120 Å². The summed E-state index contributed by atoms with van der Waals surface area (Å²) in [4.78, 5) is 21.2. The molecule has 1 unspecified atom stereocenters. The van der Waals surface area contributed by atoms with Gasteiger partial charge in [-0.15, -0.1) is 0 Å². The number of hydrogen-bond donors (Lipinski definition) is 3. The predicted molar refractivity (Wildman–Crippen MR) is 69.8 cm³/mol. The van der Waals surface area contributed by atoms with Crippen LogP contribution in [0.25, 0.3) is 0 Å². The molecule has 0 aliphatic heterocycles. The molecule has 0 spiro atoms. The molecule has 1 atom stereocenters. The first kappa shape index (κ1) is 16.6. The first-order valence-electron chi connectivity index (χ1n) is 5.69. The Morgan fingerprint density at radius 2 is 1.81 bits per heavy atom. The Bertz CT molecular complexity index is 675. The van der Waals surface area contributed by atoms with Crippen molar-refractivity contribution in [2.75, 3.05) is 0 Å². The fourth-order valence-corrected chi connectivity index (χ4v) is 2.68. The minimum absolute atomic E-state index is 0.116. The first-order chi connectivity index (χ1) is 9.76. The number of nitriles is 1. The Balaban J connectivity index is 2.96. The number of carboxylic acid groups (broad SMARTS) is 2. The zero-order valence-corrected chi connectivity index (χ0v) is 11.5. The van der Waals surface area contributed by atoms with E-state index in [1.807, 2.05) is 10.8 Å². The number of nitrogens with one attached hydrogen (secondary N) is 1. The maximum Gasteiger partial charge on any atom is 0.322 e. The van der Waals surface area contributed by atoms with Crippen LogP contribution in [-0.4, -0.2) is 36.6 Å². The molecule has 0 fully saturated rings. The fraction of sp³-hybridized carbons (Fsp3) is 0.250. The normalized spacial score (nSPS) is 12.3. The van der Waals surface area contributed by atoms with Crippen molar-refractivity contribution < 1.29 is 28.2 Å². The molecule has 0 amide bonds. The van der Waals surface area contributed by atoms with E-state index >= 15 is 0 Å². The van der Waals surface area contributed by atoms with Gasteiger partial charge in [-0.2, -0.15) is 9.98 Å². The van der Waals surface area contributed by atoms with Gasteiger partial charge in [0.15, 0.2) is 0 Å². The predicted octanol–water partition coefficient (Wildman–Crippen LogP) is -0.0411. The van der Waals surface area contributed by atoms with Gasteiger partial charge in [0.05, 0.1) is 23.8 Å². The van der Waals surface area contributed by atoms with Gasteiger partial charge in [-0.1, -0.05) is 12.1 Å². The Hall–Kier alpha value is -2.44. The molecule has 9 heteroatoms. The third-order valence-electron chi connectivity index (χ3n) is 2.49. The molecule has 0 bridgehead atoms. The molecular weight excluding hydrogens is 300 g/mol. The third-order valence-corrected chi connectivity index (χ3v) is 3.98. The van der Waals surface area contributed by atoms with E-state index in [2.05, 4.69) is 0 Å². The van der Waals surface area contributed by atoms with Gasteiger partial charge in [0.25, 0.3) is 0 Å². The smallest absolute Gasteiger partial charge is 0.322 e. The van der Waals surface area contributed by atoms with Crippen molar-refractivity contribution in [2.45, 2.75) is 23.8 Å². The van der Waals surface area contributed by atoms with Gasteiger partial charge in [-0.25, -0.2) is 8.42 Å². The SMILES string of the molecule is N#CCc1ccc(S(=O)(=O)NC(CC(=O)O)C(=O)O)cc1. The topological polar surface area (TPSA) is 145 Å². The summed E-state index contributed by atoms with van der Waals surface area (Å²) in [5, 5.41) is 25.9. The van der Waals surface area contributed by atoms with E-state index in [-0.39, 0.29) is 11.3 Å². The van der Waals surface area contributed by atoms with E-state index in [4.69, 9.17) is 15.5 Å². The molecule has 0 aromatic heterocycles. The lowest BCUT2D eigenvalue weighted by atomic mass is 10.2. The van der Waals surface area contributed by atoms with Crippen molar-refractivity contribution in [2.24, 2.45) is 0 Å². The number of nitrogens with zero attached hydrogens (tertiary/aromatic N) is 1. The molecule has 112 valence electrons. The van der Waals surface area contributed by atoms with Crippen molar-refractivity contribution in [3.05, 3.63) is 29.8 Å². The second-order valence-corrected chi connectivity index (χ2v) is 5.80. The van der Waals surface area contributed by atoms with Crippen LogP contribution in [0.15, 0.2) is 29.2 Å².